The molecule has 0 fully saturated rings. The van der Waals surface area contributed by atoms with E-state index in [1.165, 1.54) is 11.8 Å². The van der Waals surface area contributed by atoms with Crippen molar-refractivity contribution in [2.75, 3.05) is 13.2 Å². The molecule has 0 aliphatic carbocycles. The number of benzene rings is 2. The van der Waals surface area contributed by atoms with Crippen molar-refractivity contribution in [1.29, 1.82) is 5.41 Å². The number of fused-ring (bicyclic) bond motifs is 1. The maximum absolute atomic E-state index is 7.41. The smallest absolute Gasteiger partial charge is 0.162 e. The highest BCUT2D eigenvalue weighted by Gasteiger charge is 2.13. The highest BCUT2D eigenvalue weighted by Crippen LogP contribution is 2.39. The summed E-state index contributed by atoms with van der Waals surface area (Å²) in [5.74, 6) is 1.53. The van der Waals surface area contributed by atoms with Crippen molar-refractivity contribution in [3.8, 4) is 11.5 Å². The lowest BCUT2D eigenvalue weighted by atomic mass is 10.2. The Morgan fingerprint density at radius 2 is 1.86 bits per heavy atom. The zero-order valence-electron chi connectivity index (χ0n) is 11.1. The van der Waals surface area contributed by atoms with Crippen LogP contribution < -0.4 is 15.2 Å². The third-order valence-electron chi connectivity index (χ3n) is 2.98. The Kier molecular flexibility index (Phi) is 3.94. The minimum absolute atomic E-state index is 0.00720. The van der Waals surface area contributed by atoms with E-state index in [0.29, 0.717) is 23.8 Å². The highest BCUT2D eigenvalue weighted by atomic mass is 35.5. The summed E-state index contributed by atoms with van der Waals surface area (Å²) < 4.78 is 11.1. The van der Waals surface area contributed by atoms with Gasteiger partial charge in [-0.15, -0.1) is 0 Å². The van der Waals surface area contributed by atoms with Gasteiger partial charge in [-0.3, -0.25) is 5.41 Å². The van der Waals surface area contributed by atoms with Crippen molar-refractivity contribution in [3.05, 3.63) is 47.0 Å². The van der Waals surface area contributed by atoms with Crippen LogP contribution in [0.25, 0.3) is 0 Å². The number of hydrogen-bond donors (Lipinski definition) is 2. The number of rotatable bonds is 3. The highest BCUT2D eigenvalue weighted by molar-refractivity contribution is 7.99. The van der Waals surface area contributed by atoms with Crippen LogP contribution in [0.2, 0.25) is 5.02 Å². The van der Waals surface area contributed by atoms with Gasteiger partial charge in [0.2, 0.25) is 0 Å². The average Bonchev–Trinajstić information content (AvgIpc) is 2.49. The number of nitrogens with two attached hydrogens (primary N) is 1. The van der Waals surface area contributed by atoms with Crippen LogP contribution in [0.3, 0.4) is 0 Å². The number of nitrogens with one attached hydrogen (secondary N) is 1. The molecule has 2 aromatic rings. The Morgan fingerprint density at radius 3 is 2.57 bits per heavy atom. The van der Waals surface area contributed by atoms with Gasteiger partial charge in [0.25, 0.3) is 0 Å². The fourth-order valence-corrected chi connectivity index (χ4v) is 3.11. The molecule has 3 rings (SSSR count). The lowest BCUT2D eigenvalue weighted by Crippen LogP contribution is -2.15. The molecule has 2 aromatic carbocycles. The van der Waals surface area contributed by atoms with Crippen molar-refractivity contribution in [3.63, 3.8) is 0 Å². The molecule has 108 valence electrons. The first-order valence-corrected chi connectivity index (χ1v) is 7.54. The summed E-state index contributed by atoms with van der Waals surface area (Å²) in [6, 6.07) is 11.1. The monoisotopic (exact) mass is 320 g/mol. The molecule has 0 atom stereocenters. The van der Waals surface area contributed by atoms with Crippen molar-refractivity contribution < 1.29 is 9.47 Å². The molecule has 1 aliphatic heterocycles. The number of nitrogen functional groups attached to an aromatic ring is 1. The van der Waals surface area contributed by atoms with Crippen molar-refractivity contribution in [2.45, 2.75) is 9.79 Å². The average molecular weight is 321 g/mol. The van der Waals surface area contributed by atoms with Gasteiger partial charge in [-0.05, 0) is 30.3 Å². The van der Waals surface area contributed by atoms with Crippen LogP contribution in [0.4, 0.5) is 0 Å². The van der Waals surface area contributed by atoms with Crippen molar-refractivity contribution in [2.24, 2.45) is 5.73 Å². The van der Waals surface area contributed by atoms with E-state index in [1.54, 1.807) is 12.1 Å². The van der Waals surface area contributed by atoms with Crippen LogP contribution in [0.15, 0.2) is 46.2 Å². The van der Waals surface area contributed by atoms with Gasteiger partial charge < -0.3 is 15.2 Å². The van der Waals surface area contributed by atoms with Gasteiger partial charge in [0.05, 0.1) is 5.02 Å². The van der Waals surface area contributed by atoms with Gasteiger partial charge in [0.15, 0.2) is 11.5 Å². The Morgan fingerprint density at radius 1 is 1.10 bits per heavy atom. The fourth-order valence-electron chi connectivity index (χ4n) is 1.97. The van der Waals surface area contributed by atoms with Gasteiger partial charge in [-0.25, -0.2) is 0 Å². The number of amidine groups is 1. The summed E-state index contributed by atoms with van der Waals surface area (Å²) in [6.07, 6.45) is 0. The van der Waals surface area contributed by atoms with Crippen LogP contribution >= 0.6 is 23.4 Å². The minimum atomic E-state index is 0.00720. The third kappa shape index (κ3) is 3.09. The molecule has 0 saturated carbocycles. The summed E-state index contributed by atoms with van der Waals surface area (Å²) >= 11 is 7.77. The molecule has 3 N–H and O–H groups in total. The van der Waals surface area contributed by atoms with Crippen LogP contribution in [-0.2, 0) is 0 Å². The van der Waals surface area contributed by atoms with E-state index >= 15 is 0 Å². The second kappa shape index (κ2) is 5.87. The third-order valence-corrected chi connectivity index (χ3v) is 4.47. The van der Waals surface area contributed by atoms with Crippen LogP contribution in [0, 0.1) is 5.41 Å². The first-order valence-electron chi connectivity index (χ1n) is 6.35. The molecule has 1 heterocycles. The Hall–Kier alpha value is -1.85. The maximum Gasteiger partial charge on any atom is 0.162 e. The van der Waals surface area contributed by atoms with Crippen LogP contribution in [-0.4, -0.2) is 19.0 Å². The molecule has 0 saturated heterocycles. The normalized spacial score (nSPS) is 13.0. The summed E-state index contributed by atoms with van der Waals surface area (Å²) in [4.78, 5) is 1.91. The van der Waals surface area contributed by atoms with Crippen LogP contribution in [0.1, 0.15) is 5.56 Å². The summed E-state index contributed by atoms with van der Waals surface area (Å²) in [5.41, 5.74) is 6.07. The molecule has 21 heavy (non-hydrogen) atoms. The standard InChI is InChI=1S/C15H13ClN2O2S/c16-11-7-9(15(17)18)1-4-14(11)21-10-2-3-12-13(8-10)20-6-5-19-12/h1-4,7-8H,5-6H2,(H3,17,18). The Balaban J connectivity index is 1.85. The molecule has 0 radical (unpaired) electrons. The maximum atomic E-state index is 7.41. The van der Waals surface area contributed by atoms with Crippen molar-refractivity contribution >= 4 is 29.2 Å². The molecule has 0 unspecified atom stereocenters. The first kappa shape index (κ1) is 14.1. The lowest BCUT2D eigenvalue weighted by Gasteiger charge is -2.18. The minimum Gasteiger partial charge on any atom is -0.486 e. The van der Waals surface area contributed by atoms with Gasteiger partial charge in [0.1, 0.15) is 19.0 Å². The zero-order valence-corrected chi connectivity index (χ0v) is 12.6. The predicted octanol–water partition coefficient (Wildman–Crippen LogP) is 3.55. The lowest BCUT2D eigenvalue weighted by molar-refractivity contribution is 0.171. The molecular formula is C15H13ClN2O2S. The van der Waals surface area contributed by atoms with E-state index in [9.17, 15) is 0 Å². The summed E-state index contributed by atoms with van der Waals surface area (Å²) in [7, 11) is 0. The molecule has 0 bridgehead atoms. The van der Waals surface area contributed by atoms with Gasteiger partial charge in [0, 0.05) is 15.4 Å². The Bertz CT molecular complexity index is 706. The van der Waals surface area contributed by atoms with E-state index in [1.807, 2.05) is 24.3 Å². The largest absolute Gasteiger partial charge is 0.486 e. The Labute approximate surface area is 131 Å². The van der Waals surface area contributed by atoms with E-state index in [0.717, 1.165) is 21.3 Å². The molecule has 0 spiro atoms. The molecular weight excluding hydrogens is 308 g/mol. The second-order valence-corrected chi connectivity index (χ2v) is 5.99. The van der Waals surface area contributed by atoms with Gasteiger partial charge >= 0.3 is 0 Å². The first-order chi connectivity index (χ1) is 10.1. The van der Waals surface area contributed by atoms with Gasteiger partial charge in [-0.1, -0.05) is 29.4 Å². The molecule has 1 aliphatic rings. The van der Waals surface area contributed by atoms with Crippen LogP contribution in [0.5, 0.6) is 11.5 Å². The summed E-state index contributed by atoms with van der Waals surface area (Å²) in [6.45, 7) is 1.15. The SMILES string of the molecule is N=C(N)c1ccc(Sc2ccc3c(c2)OCCO3)c(Cl)c1. The zero-order chi connectivity index (χ0) is 14.8. The predicted molar refractivity (Wildman–Crippen MR) is 84.0 cm³/mol. The fraction of sp³-hybridized carbons (Fsp3) is 0.133. The topological polar surface area (TPSA) is 68.3 Å². The van der Waals surface area contributed by atoms with E-state index in [4.69, 9.17) is 32.2 Å². The molecule has 4 nitrogen and oxygen atoms in total. The molecule has 6 heteroatoms. The van der Waals surface area contributed by atoms with E-state index < -0.39 is 0 Å². The van der Waals surface area contributed by atoms with E-state index in [-0.39, 0.29) is 5.84 Å². The number of ether oxygens (including phenoxy) is 2. The van der Waals surface area contributed by atoms with Crippen molar-refractivity contribution in [1.82, 2.24) is 0 Å². The quantitative estimate of drug-likeness (QED) is 0.670. The number of halogens is 1. The van der Waals surface area contributed by atoms with E-state index in [2.05, 4.69) is 0 Å². The molecule has 0 aromatic heterocycles. The van der Waals surface area contributed by atoms with Gasteiger partial charge in [-0.2, -0.15) is 0 Å². The second-order valence-electron chi connectivity index (χ2n) is 4.47. The summed E-state index contributed by atoms with van der Waals surface area (Å²) in [5, 5.41) is 7.98. The molecule has 0 amide bonds. The number of hydrogen-bond acceptors (Lipinski definition) is 4.